The predicted molar refractivity (Wildman–Crippen MR) is 106 cm³/mol. The Morgan fingerprint density at radius 2 is 1.85 bits per heavy atom. The van der Waals surface area contributed by atoms with Crippen LogP contribution in [-0.4, -0.2) is 40.8 Å². The molecule has 1 N–H and O–H groups in total. The van der Waals surface area contributed by atoms with Crippen LogP contribution < -0.4 is 5.32 Å². The van der Waals surface area contributed by atoms with Crippen LogP contribution in [0.4, 0.5) is 0 Å². The largest absolute Gasteiger partial charge is 0.468 e. The van der Waals surface area contributed by atoms with Gasteiger partial charge in [0.1, 0.15) is 6.54 Å². The number of para-hydroxylation sites is 2. The van der Waals surface area contributed by atoms with Crippen molar-refractivity contribution in [3.05, 3.63) is 60.2 Å². The molecule has 0 radical (unpaired) electrons. The molecule has 3 rings (SSSR count). The van der Waals surface area contributed by atoms with Gasteiger partial charge in [0, 0.05) is 6.54 Å². The van der Waals surface area contributed by atoms with Crippen LogP contribution in [0.15, 0.2) is 59.8 Å². The quantitative estimate of drug-likeness (QED) is 0.478. The van der Waals surface area contributed by atoms with Crippen LogP contribution in [0.25, 0.3) is 11.0 Å². The second-order valence-electron chi connectivity index (χ2n) is 5.91. The summed E-state index contributed by atoms with van der Waals surface area (Å²) in [6, 6.07) is 18.2. The number of nitrogens with one attached hydrogen (secondary N) is 1. The molecule has 0 fully saturated rings. The van der Waals surface area contributed by atoms with E-state index in [0.29, 0.717) is 0 Å². The van der Waals surface area contributed by atoms with Crippen molar-refractivity contribution in [3.63, 3.8) is 0 Å². The zero-order valence-electron chi connectivity index (χ0n) is 15.1. The maximum Gasteiger partial charge on any atom is 0.325 e. The number of methoxy groups -OCH3 is 1. The van der Waals surface area contributed by atoms with Crippen LogP contribution >= 0.6 is 11.8 Å². The summed E-state index contributed by atoms with van der Waals surface area (Å²) in [4.78, 5) is 27.8. The Balaban J connectivity index is 1.70. The number of carbonyl (C=O) groups is 2. The predicted octanol–water partition coefficient (Wildman–Crippen LogP) is 2.66. The molecule has 6 nitrogen and oxygen atoms in total. The molecule has 0 aliphatic carbocycles. The van der Waals surface area contributed by atoms with E-state index in [0.717, 1.165) is 29.2 Å². The van der Waals surface area contributed by atoms with Crippen molar-refractivity contribution in [2.75, 3.05) is 19.4 Å². The van der Waals surface area contributed by atoms with Crippen molar-refractivity contribution in [1.29, 1.82) is 0 Å². The Morgan fingerprint density at radius 3 is 2.63 bits per heavy atom. The highest BCUT2D eigenvalue weighted by Crippen LogP contribution is 2.24. The number of aryl methyl sites for hydroxylation is 2. The molecule has 1 heterocycles. The molecule has 1 aromatic heterocycles. The van der Waals surface area contributed by atoms with Crippen LogP contribution in [0.3, 0.4) is 0 Å². The van der Waals surface area contributed by atoms with E-state index < -0.39 is 5.97 Å². The third-order valence-electron chi connectivity index (χ3n) is 4.08. The number of carbonyl (C=O) groups excluding carboxylic acids is 2. The highest BCUT2D eigenvalue weighted by atomic mass is 32.2. The van der Waals surface area contributed by atoms with Crippen molar-refractivity contribution >= 4 is 34.7 Å². The number of rotatable bonds is 8. The number of ether oxygens (including phenoxy) is 1. The van der Waals surface area contributed by atoms with Gasteiger partial charge in [-0.25, -0.2) is 4.98 Å². The molecule has 0 aliphatic heterocycles. The molecule has 0 unspecified atom stereocenters. The molecule has 1 amide bonds. The van der Waals surface area contributed by atoms with Crippen molar-refractivity contribution < 1.29 is 14.3 Å². The maximum absolute atomic E-state index is 12.0. The molecule has 0 saturated carbocycles. The second-order valence-corrected chi connectivity index (χ2v) is 6.85. The number of esters is 1. The van der Waals surface area contributed by atoms with Crippen LogP contribution in [0.2, 0.25) is 0 Å². The lowest BCUT2D eigenvalue weighted by Gasteiger charge is -2.09. The van der Waals surface area contributed by atoms with E-state index in [1.165, 1.54) is 24.4 Å². The molecular formula is C20H21N3O3S. The summed E-state index contributed by atoms with van der Waals surface area (Å²) in [5.74, 6) is -0.512. The molecule has 27 heavy (non-hydrogen) atoms. The van der Waals surface area contributed by atoms with Crippen LogP contribution in [0, 0.1) is 0 Å². The minimum absolute atomic E-state index is 0.125. The van der Waals surface area contributed by atoms with E-state index in [1.54, 1.807) is 0 Å². The van der Waals surface area contributed by atoms with Gasteiger partial charge in [-0.15, -0.1) is 0 Å². The van der Waals surface area contributed by atoms with Crippen LogP contribution in [0.5, 0.6) is 0 Å². The molecule has 0 saturated heterocycles. The molecule has 0 aliphatic rings. The number of imidazole rings is 1. The first-order chi connectivity index (χ1) is 13.2. The summed E-state index contributed by atoms with van der Waals surface area (Å²) in [7, 11) is 1.29. The zero-order valence-corrected chi connectivity index (χ0v) is 15.9. The fourth-order valence-electron chi connectivity index (χ4n) is 2.69. The minimum Gasteiger partial charge on any atom is -0.468 e. The SMILES string of the molecule is COC(=O)CNC(=O)CSc1nc2ccccc2n1CCc1ccccc1. The lowest BCUT2D eigenvalue weighted by Crippen LogP contribution is -2.31. The molecule has 0 bridgehead atoms. The molecule has 7 heteroatoms. The first-order valence-electron chi connectivity index (χ1n) is 8.63. The number of hydrogen-bond acceptors (Lipinski definition) is 5. The highest BCUT2D eigenvalue weighted by Gasteiger charge is 2.13. The average Bonchev–Trinajstić information content (AvgIpc) is 3.07. The van der Waals surface area contributed by atoms with Gasteiger partial charge in [-0.3, -0.25) is 9.59 Å². The Bertz CT molecular complexity index is 925. The lowest BCUT2D eigenvalue weighted by molar-refractivity contribution is -0.140. The molecular weight excluding hydrogens is 362 g/mol. The number of aromatic nitrogens is 2. The minimum atomic E-state index is -0.469. The Labute approximate surface area is 161 Å². The summed E-state index contributed by atoms with van der Waals surface area (Å²) in [6.07, 6.45) is 0.878. The van der Waals surface area contributed by atoms with E-state index in [2.05, 4.69) is 31.7 Å². The van der Waals surface area contributed by atoms with E-state index in [-0.39, 0.29) is 18.2 Å². The topological polar surface area (TPSA) is 73.2 Å². The number of hydrogen-bond donors (Lipinski definition) is 1. The van der Waals surface area contributed by atoms with Gasteiger partial charge in [0.05, 0.1) is 23.9 Å². The molecule has 0 spiro atoms. The average molecular weight is 383 g/mol. The normalized spacial score (nSPS) is 10.7. The fourth-order valence-corrected chi connectivity index (χ4v) is 3.56. The van der Waals surface area contributed by atoms with Gasteiger partial charge in [-0.2, -0.15) is 0 Å². The standard InChI is InChI=1S/C20H21N3O3S/c1-26-19(25)13-21-18(24)14-27-20-22-16-9-5-6-10-17(16)23(20)12-11-15-7-3-2-4-8-15/h2-10H,11-14H2,1H3,(H,21,24). The smallest absolute Gasteiger partial charge is 0.325 e. The van der Waals surface area contributed by atoms with Gasteiger partial charge >= 0.3 is 5.97 Å². The first-order valence-corrected chi connectivity index (χ1v) is 9.61. The van der Waals surface area contributed by atoms with Crippen molar-refractivity contribution in [2.24, 2.45) is 0 Å². The van der Waals surface area contributed by atoms with Gasteiger partial charge in [0.25, 0.3) is 0 Å². The zero-order chi connectivity index (χ0) is 19.1. The van der Waals surface area contributed by atoms with Crippen LogP contribution in [-0.2, 0) is 27.3 Å². The molecule has 140 valence electrons. The number of benzene rings is 2. The first kappa shape index (κ1) is 19.0. The number of fused-ring (bicyclic) bond motifs is 1. The molecule has 3 aromatic rings. The fraction of sp³-hybridized carbons (Fsp3) is 0.250. The van der Waals surface area contributed by atoms with Gasteiger partial charge in [0.2, 0.25) is 5.91 Å². The van der Waals surface area contributed by atoms with Gasteiger partial charge in [0.15, 0.2) is 5.16 Å². The van der Waals surface area contributed by atoms with Gasteiger partial charge < -0.3 is 14.6 Å². The number of nitrogens with zero attached hydrogens (tertiary/aromatic N) is 2. The third-order valence-corrected chi connectivity index (χ3v) is 5.05. The molecule has 2 aromatic carbocycles. The lowest BCUT2D eigenvalue weighted by atomic mass is 10.1. The van der Waals surface area contributed by atoms with Crippen molar-refractivity contribution in [3.8, 4) is 0 Å². The highest BCUT2D eigenvalue weighted by molar-refractivity contribution is 7.99. The van der Waals surface area contributed by atoms with E-state index in [4.69, 9.17) is 0 Å². The Morgan fingerprint density at radius 1 is 1.11 bits per heavy atom. The maximum atomic E-state index is 12.0. The number of amides is 1. The van der Waals surface area contributed by atoms with Crippen LogP contribution in [0.1, 0.15) is 5.56 Å². The van der Waals surface area contributed by atoms with E-state index in [9.17, 15) is 9.59 Å². The van der Waals surface area contributed by atoms with Gasteiger partial charge in [-0.1, -0.05) is 54.2 Å². The second kappa shape index (κ2) is 9.23. The summed E-state index contributed by atoms with van der Waals surface area (Å²) in [5.41, 5.74) is 3.20. The van der Waals surface area contributed by atoms with Crippen molar-refractivity contribution in [1.82, 2.24) is 14.9 Å². The van der Waals surface area contributed by atoms with E-state index in [1.807, 2.05) is 42.5 Å². The monoisotopic (exact) mass is 383 g/mol. The Kier molecular flexibility index (Phi) is 6.49. The summed E-state index contributed by atoms with van der Waals surface area (Å²) in [6.45, 7) is 0.650. The molecule has 0 atom stereocenters. The van der Waals surface area contributed by atoms with Gasteiger partial charge in [-0.05, 0) is 24.1 Å². The summed E-state index contributed by atoms with van der Waals surface area (Å²) >= 11 is 1.36. The summed E-state index contributed by atoms with van der Waals surface area (Å²) in [5, 5.41) is 3.34. The number of thioether (sulfide) groups is 1. The Hall–Kier alpha value is -2.80. The van der Waals surface area contributed by atoms with Crippen molar-refractivity contribution in [2.45, 2.75) is 18.1 Å². The van der Waals surface area contributed by atoms with E-state index >= 15 is 0 Å². The summed E-state index contributed by atoms with van der Waals surface area (Å²) < 4.78 is 6.66. The third kappa shape index (κ3) is 5.10.